The van der Waals surface area contributed by atoms with Gasteiger partial charge in [-0.25, -0.2) is 4.39 Å². The number of halogens is 2. The summed E-state index contributed by atoms with van der Waals surface area (Å²) in [6.45, 7) is 2.54. The molecule has 5 nitrogen and oxygen atoms in total. The van der Waals surface area contributed by atoms with E-state index in [1.54, 1.807) is 11.8 Å². The van der Waals surface area contributed by atoms with Gasteiger partial charge in [-0.1, -0.05) is 17.7 Å². The van der Waals surface area contributed by atoms with E-state index < -0.39 is 11.4 Å². The van der Waals surface area contributed by atoms with Gasteiger partial charge in [0.25, 0.3) is 5.91 Å². The Morgan fingerprint density at radius 1 is 1.50 bits per heavy atom. The second-order valence-electron chi connectivity index (χ2n) is 5.40. The highest BCUT2D eigenvalue weighted by Crippen LogP contribution is 2.20. The van der Waals surface area contributed by atoms with Crippen molar-refractivity contribution in [2.24, 2.45) is 0 Å². The molecular weight excluding hydrogens is 311 g/mol. The third-order valence-corrected chi connectivity index (χ3v) is 3.96. The maximum absolute atomic E-state index is 13.1. The lowest BCUT2D eigenvalue weighted by Crippen LogP contribution is -2.59. The summed E-state index contributed by atoms with van der Waals surface area (Å²) in [6.07, 6.45) is 0.101. The molecule has 0 radical (unpaired) electrons. The van der Waals surface area contributed by atoms with Crippen LogP contribution in [0.3, 0.4) is 0 Å². The topological polar surface area (TPSA) is 58.6 Å². The van der Waals surface area contributed by atoms with Crippen molar-refractivity contribution in [1.29, 1.82) is 0 Å². The number of rotatable bonds is 3. The second kappa shape index (κ2) is 6.62. The standard InChI is InChI=1S/C15H18ClFN2O3/c1-15(14(21)18-2)9-19(5-6-22-15)13(20)8-10-3-4-12(17)11(16)7-10/h3-4,7H,5-6,8-9H2,1-2H3,(H,18,21)/t15-/m0/s1. The van der Waals surface area contributed by atoms with Crippen molar-refractivity contribution in [1.82, 2.24) is 10.2 Å². The molecule has 0 aliphatic carbocycles. The Morgan fingerprint density at radius 2 is 2.23 bits per heavy atom. The van der Waals surface area contributed by atoms with E-state index in [0.717, 1.165) is 0 Å². The largest absolute Gasteiger partial charge is 0.362 e. The zero-order valence-electron chi connectivity index (χ0n) is 12.5. The van der Waals surface area contributed by atoms with Gasteiger partial charge in [0.05, 0.1) is 24.6 Å². The summed E-state index contributed by atoms with van der Waals surface area (Å²) in [6, 6.07) is 4.20. The molecule has 1 saturated heterocycles. The van der Waals surface area contributed by atoms with E-state index in [0.29, 0.717) is 18.7 Å². The monoisotopic (exact) mass is 328 g/mol. The number of ether oxygens (including phenoxy) is 1. The molecule has 2 rings (SSSR count). The molecule has 0 spiro atoms. The maximum Gasteiger partial charge on any atom is 0.253 e. The average molecular weight is 329 g/mol. The molecule has 22 heavy (non-hydrogen) atoms. The summed E-state index contributed by atoms with van der Waals surface area (Å²) in [7, 11) is 1.53. The lowest BCUT2D eigenvalue weighted by molar-refractivity contribution is -0.162. The highest BCUT2D eigenvalue weighted by atomic mass is 35.5. The number of amides is 2. The first-order valence-electron chi connectivity index (χ1n) is 6.93. The van der Waals surface area contributed by atoms with E-state index >= 15 is 0 Å². The fourth-order valence-corrected chi connectivity index (χ4v) is 2.62. The van der Waals surface area contributed by atoms with Gasteiger partial charge in [0.15, 0.2) is 5.60 Å². The third-order valence-electron chi connectivity index (χ3n) is 3.67. The molecule has 0 unspecified atom stereocenters. The normalized spacial score (nSPS) is 21.5. The third kappa shape index (κ3) is 3.56. The van der Waals surface area contributed by atoms with Crippen LogP contribution < -0.4 is 5.32 Å². The second-order valence-corrected chi connectivity index (χ2v) is 5.81. The molecule has 1 heterocycles. The van der Waals surface area contributed by atoms with Crippen molar-refractivity contribution in [3.8, 4) is 0 Å². The van der Waals surface area contributed by atoms with Crippen molar-refractivity contribution in [3.05, 3.63) is 34.6 Å². The molecule has 1 aliphatic heterocycles. The maximum atomic E-state index is 13.1. The van der Waals surface area contributed by atoms with Gasteiger partial charge in [0.2, 0.25) is 5.91 Å². The number of likely N-dealkylation sites (N-methyl/N-ethyl adjacent to an activating group) is 1. The van der Waals surface area contributed by atoms with E-state index in [9.17, 15) is 14.0 Å². The summed E-state index contributed by atoms with van der Waals surface area (Å²) in [4.78, 5) is 25.8. The summed E-state index contributed by atoms with van der Waals surface area (Å²) >= 11 is 5.72. The number of benzene rings is 1. The predicted octanol–water partition coefficient (Wildman–Crippen LogP) is 1.39. The minimum absolute atomic E-state index is 0.0116. The molecule has 2 amide bonds. The summed E-state index contributed by atoms with van der Waals surface area (Å²) in [5.74, 6) is -0.938. The van der Waals surface area contributed by atoms with Crippen LogP contribution in [0.25, 0.3) is 0 Å². The van der Waals surface area contributed by atoms with Crippen LogP contribution in [0.2, 0.25) is 5.02 Å². The fourth-order valence-electron chi connectivity index (χ4n) is 2.42. The Labute approximate surface area is 133 Å². The number of hydrogen-bond donors (Lipinski definition) is 1. The summed E-state index contributed by atoms with van der Waals surface area (Å²) in [5, 5.41) is 2.53. The number of carbonyl (C=O) groups excluding carboxylic acids is 2. The lowest BCUT2D eigenvalue weighted by atomic mass is 10.0. The smallest absolute Gasteiger partial charge is 0.253 e. The summed E-state index contributed by atoms with van der Waals surface area (Å²) in [5.41, 5.74) is -0.423. The average Bonchev–Trinajstić information content (AvgIpc) is 2.50. The van der Waals surface area contributed by atoms with E-state index in [1.165, 1.54) is 25.2 Å². The molecule has 0 saturated carbocycles. The Morgan fingerprint density at radius 3 is 2.86 bits per heavy atom. The van der Waals surface area contributed by atoms with Crippen molar-refractivity contribution < 1.29 is 18.7 Å². The molecule has 1 aromatic rings. The number of hydrogen-bond acceptors (Lipinski definition) is 3. The molecule has 1 aliphatic rings. The quantitative estimate of drug-likeness (QED) is 0.912. The number of carbonyl (C=O) groups is 2. The molecule has 120 valence electrons. The van der Waals surface area contributed by atoms with Gasteiger partial charge >= 0.3 is 0 Å². The molecule has 0 bridgehead atoms. The van der Waals surface area contributed by atoms with Crippen molar-refractivity contribution >= 4 is 23.4 Å². The van der Waals surface area contributed by atoms with Crippen molar-refractivity contribution in [3.63, 3.8) is 0 Å². The van der Waals surface area contributed by atoms with Crippen molar-refractivity contribution in [2.45, 2.75) is 18.9 Å². The highest BCUT2D eigenvalue weighted by Gasteiger charge is 2.40. The Hall–Kier alpha value is -1.66. The van der Waals surface area contributed by atoms with E-state index in [1.807, 2.05) is 0 Å². The summed E-state index contributed by atoms with van der Waals surface area (Å²) < 4.78 is 18.6. The zero-order valence-corrected chi connectivity index (χ0v) is 13.2. The van der Waals surface area contributed by atoms with Crippen LogP contribution in [0.15, 0.2) is 18.2 Å². The number of nitrogens with one attached hydrogen (secondary N) is 1. The predicted molar refractivity (Wildman–Crippen MR) is 80.1 cm³/mol. The van der Waals surface area contributed by atoms with E-state index in [-0.39, 0.29) is 29.8 Å². The van der Waals surface area contributed by atoms with Gasteiger partial charge in [0.1, 0.15) is 5.82 Å². The SMILES string of the molecule is CNC(=O)[C@]1(C)CN(C(=O)Cc2ccc(F)c(Cl)c2)CCO1. The van der Waals surface area contributed by atoms with Crippen LogP contribution in [0.1, 0.15) is 12.5 Å². The zero-order chi connectivity index (χ0) is 16.3. The Kier molecular flexibility index (Phi) is 5.03. The van der Waals surface area contributed by atoms with Crippen LogP contribution in [0.5, 0.6) is 0 Å². The molecule has 1 aromatic carbocycles. The van der Waals surface area contributed by atoms with Crippen LogP contribution in [0.4, 0.5) is 4.39 Å². The molecule has 1 fully saturated rings. The molecule has 1 N–H and O–H groups in total. The lowest BCUT2D eigenvalue weighted by Gasteiger charge is -2.39. The first kappa shape index (κ1) is 16.7. The van der Waals surface area contributed by atoms with Gasteiger partial charge in [-0.2, -0.15) is 0 Å². The molecule has 0 aromatic heterocycles. The highest BCUT2D eigenvalue weighted by molar-refractivity contribution is 6.30. The number of morpholine rings is 1. The number of nitrogens with zero attached hydrogens (tertiary/aromatic N) is 1. The minimum Gasteiger partial charge on any atom is -0.362 e. The Balaban J connectivity index is 2.06. The van der Waals surface area contributed by atoms with Crippen LogP contribution in [-0.4, -0.2) is 49.1 Å². The van der Waals surface area contributed by atoms with Gasteiger partial charge < -0.3 is 15.0 Å². The van der Waals surface area contributed by atoms with E-state index in [4.69, 9.17) is 16.3 Å². The van der Waals surface area contributed by atoms with Crippen LogP contribution in [0, 0.1) is 5.82 Å². The Bertz CT molecular complexity index is 596. The fraction of sp³-hybridized carbons (Fsp3) is 0.467. The van der Waals surface area contributed by atoms with Crippen LogP contribution in [-0.2, 0) is 20.7 Å². The molecular formula is C15H18ClFN2O3. The molecule has 7 heteroatoms. The minimum atomic E-state index is -1.05. The van der Waals surface area contributed by atoms with Crippen LogP contribution >= 0.6 is 11.6 Å². The first-order valence-corrected chi connectivity index (χ1v) is 7.31. The van der Waals surface area contributed by atoms with Gasteiger partial charge in [-0.15, -0.1) is 0 Å². The van der Waals surface area contributed by atoms with Gasteiger partial charge in [-0.3, -0.25) is 9.59 Å². The van der Waals surface area contributed by atoms with Gasteiger partial charge in [0, 0.05) is 13.6 Å². The van der Waals surface area contributed by atoms with Gasteiger partial charge in [-0.05, 0) is 24.6 Å². The van der Waals surface area contributed by atoms with E-state index in [2.05, 4.69) is 5.32 Å². The first-order chi connectivity index (χ1) is 10.4. The van der Waals surface area contributed by atoms with Crippen molar-refractivity contribution in [2.75, 3.05) is 26.7 Å². The molecule has 1 atom stereocenters.